The van der Waals surface area contributed by atoms with E-state index in [4.69, 9.17) is 9.47 Å². The molecule has 3 aliphatic heterocycles. The maximum Gasteiger partial charge on any atom is 0.313 e. The minimum absolute atomic E-state index is 0.0548. The van der Waals surface area contributed by atoms with Gasteiger partial charge in [0.2, 0.25) is 11.8 Å². The summed E-state index contributed by atoms with van der Waals surface area (Å²) in [7, 11) is 1.69. The molecule has 1 spiro atoms. The lowest BCUT2D eigenvalue weighted by atomic mass is 9.70. The van der Waals surface area contributed by atoms with Gasteiger partial charge >= 0.3 is 5.97 Å². The van der Waals surface area contributed by atoms with E-state index in [-0.39, 0.29) is 48.7 Å². The number of nitrogens with zero attached hydrogens (tertiary/aromatic N) is 3. The number of ether oxygens (including phenoxy) is 2. The summed E-state index contributed by atoms with van der Waals surface area (Å²) in [5, 5.41) is 9.59. The van der Waals surface area contributed by atoms with Crippen LogP contribution in [-0.4, -0.2) is 94.0 Å². The number of rotatable bonds is 16. The predicted molar refractivity (Wildman–Crippen MR) is 199 cm³/mol. The third-order valence-electron chi connectivity index (χ3n) is 10.8. The third kappa shape index (κ3) is 7.17. The number of benzene rings is 2. The van der Waals surface area contributed by atoms with Crippen LogP contribution in [0.4, 0.5) is 5.69 Å². The fraction of sp³-hybridized carbons (Fsp3) is 0.500. The number of para-hydroxylation sites is 1. The van der Waals surface area contributed by atoms with Crippen LogP contribution in [0.25, 0.3) is 0 Å². The van der Waals surface area contributed by atoms with Crippen molar-refractivity contribution >= 4 is 45.3 Å². The normalized spacial score (nSPS) is 26.0. The lowest BCUT2D eigenvalue weighted by Crippen LogP contribution is -2.57. The van der Waals surface area contributed by atoms with Crippen molar-refractivity contribution in [2.24, 2.45) is 11.8 Å². The first-order chi connectivity index (χ1) is 24.4. The van der Waals surface area contributed by atoms with E-state index >= 15 is 0 Å². The number of hydrogen-bond donors (Lipinski definition) is 1. The van der Waals surface area contributed by atoms with Crippen LogP contribution in [0.2, 0.25) is 0 Å². The van der Waals surface area contributed by atoms with E-state index < -0.39 is 47.7 Å². The molecule has 11 heteroatoms. The molecule has 51 heavy (non-hydrogen) atoms. The van der Waals surface area contributed by atoms with Gasteiger partial charge in [-0.2, -0.15) is 0 Å². The number of aliphatic hydroxyl groups is 1. The van der Waals surface area contributed by atoms with E-state index in [0.717, 1.165) is 16.8 Å². The van der Waals surface area contributed by atoms with Gasteiger partial charge in [-0.3, -0.25) is 19.2 Å². The van der Waals surface area contributed by atoms with Gasteiger partial charge in [0, 0.05) is 43.7 Å². The number of aryl methyl sites for hydroxylation is 2. The second-order valence-corrected chi connectivity index (χ2v) is 15.1. The fourth-order valence-electron chi connectivity index (χ4n) is 8.24. The second kappa shape index (κ2) is 16.3. The molecule has 2 bridgehead atoms. The van der Waals surface area contributed by atoms with Crippen LogP contribution in [0, 0.1) is 25.7 Å². The number of aliphatic hydroxyl groups excluding tert-OH is 1. The van der Waals surface area contributed by atoms with Crippen LogP contribution in [0.5, 0.6) is 0 Å². The van der Waals surface area contributed by atoms with E-state index in [9.17, 15) is 24.3 Å². The standard InChI is InChI=1S/C40H50BrN3O7/c1-7-9-20-30(46)42(6)27(5)34(28-18-11-10-12-19-28)50-39(49)31-32-37(47)44(22-13-14-23-45)36(40(32)24-29(41)35(31)51-40)38(48)43(21-8-2)33-25(3)16-15-17-26(33)4/h7-8,10-12,15-19,27,29,31-32,34-36,45H,1-2,9,13-14,20-24H2,3-6H3/t27-,29?,31+,32-,34+,35+,36+,40-/m0/s1. The summed E-state index contributed by atoms with van der Waals surface area (Å²) in [6.07, 6.45) is 3.86. The van der Waals surface area contributed by atoms with Gasteiger partial charge in [-0.05, 0) is 63.1 Å². The largest absolute Gasteiger partial charge is 0.455 e. The average molecular weight is 765 g/mol. The SMILES string of the molecule is C=CCCC(=O)N(C)[C@@H](C)[C@@H](OC(=O)[C@H]1[C@@H]2O[C@@]3(CC2Br)[C@@H]1C(=O)N(CCCCO)[C@@H]3C(=O)N(CC=C)c1c(C)cccc1C)c1ccccc1. The minimum atomic E-state index is -1.29. The van der Waals surface area contributed by atoms with Crippen molar-refractivity contribution < 1.29 is 33.8 Å². The molecule has 3 fully saturated rings. The maximum atomic E-state index is 15.0. The zero-order chi connectivity index (χ0) is 37.0. The van der Waals surface area contributed by atoms with Crippen LogP contribution >= 0.6 is 15.9 Å². The van der Waals surface area contributed by atoms with Crippen molar-refractivity contribution in [3.63, 3.8) is 0 Å². The van der Waals surface area contributed by atoms with Gasteiger partial charge in [0.25, 0.3) is 5.91 Å². The predicted octanol–water partition coefficient (Wildman–Crippen LogP) is 5.44. The number of halogens is 1. The summed E-state index contributed by atoms with van der Waals surface area (Å²) in [5.74, 6) is -3.33. The Balaban J connectivity index is 1.53. The van der Waals surface area contributed by atoms with Gasteiger partial charge in [0.1, 0.15) is 17.7 Å². The molecule has 0 radical (unpaired) electrons. The first kappa shape index (κ1) is 38.4. The number of hydrogen-bond acceptors (Lipinski definition) is 7. The quantitative estimate of drug-likeness (QED) is 0.105. The smallest absolute Gasteiger partial charge is 0.313 e. The van der Waals surface area contributed by atoms with E-state index in [1.165, 1.54) is 0 Å². The van der Waals surface area contributed by atoms with Crippen LogP contribution in [0.3, 0.4) is 0 Å². The maximum absolute atomic E-state index is 15.0. The molecule has 1 N–H and O–H groups in total. The number of likely N-dealkylation sites (tertiary alicyclic amines) is 1. The minimum Gasteiger partial charge on any atom is -0.455 e. The van der Waals surface area contributed by atoms with Crippen molar-refractivity contribution in [1.29, 1.82) is 0 Å². The van der Waals surface area contributed by atoms with E-state index in [0.29, 0.717) is 31.2 Å². The van der Waals surface area contributed by atoms with Gasteiger partial charge < -0.3 is 29.3 Å². The summed E-state index contributed by atoms with van der Waals surface area (Å²) in [6.45, 7) is 13.7. The highest BCUT2D eigenvalue weighted by atomic mass is 79.9. The topological polar surface area (TPSA) is 117 Å². The van der Waals surface area contributed by atoms with E-state index in [2.05, 4.69) is 29.1 Å². The Morgan fingerprint density at radius 3 is 2.41 bits per heavy atom. The number of unbranched alkanes of at least 4 members (excludes halogenated alkanes) is 1. The Kier molecular flexibility index (Phi) is 12.2. The first-order valence-corrected chi connectivity index (χ1v) is 18.7. The number of anilines is 1. The van der Waals surface area contributed by atoms with Crippen molar-refractivity contribution in [1.82, 2.24) is 9.80 Å². The summed E-state index contributed by atoms with van der Waals surface area (Å²) >= 11 is 3.76. The molecule has 274 valence electrons. The zero-order valence-corrected chi connectivity index (χ0v) is 31.6. The van der Waals surface area contributed by atoms with Crippen LogP contribution in [0.1, 0.15) is 61.8 Å². The second-order valence-electron chi connectivity index (χ2n) is 13.9. The molecule has 3 saturated heterocycles. The van der Waals surface area contributed by atoms with Gasteiger partial charge in [-0.25, -0.2) is 0 Å². The summed E-state index contributed by atoms with van der Waals surface area (Å²) < 4.78 is 13.1. The molecule has 5 rings (SSSR count). The molecule has 3 aliphatic rings. The number of esters is 1. The molecule has 0 aliphatic carbocycles. The number of carbonyl (C=O) groups is 4. The Bertz CT molecular complexity index is 1610. The molecule has 0 aromatic heterocycles. The summed E-state index contributed by atoms with van der Waals surface area (Å²) in [4.78, 5) is 61.7. The zero-order valence-electron chi connectivity index (χ0n) is 30.0. The highest BCUT2D eigenvalue weighted by molar-refractivity contribution is 9.09. The molecule has 3 heterocycles. The molecule has 0 saturated carbocycles. The number of fused-ring (bicyclic) bond motifs is 1. The van der Waals surface area contributed by atoms with Crippen molar-refractivity contribution in [2.75, 3.05) is 31.6 Å². The molecule has 2 aromatic carbocycles. The highest BCUT2D eigenvalue weighted by Crippen LogP contribution is 2.60. The molecule has 3 amide bonds. The number of likely N-dealkylation sites (N-methyl/N-ethyl adjacent to an activating group) is 1. The van der Waals surface area contributed by atoms with Gasteiger partial charge in [-0.1, -0.05) is 76.6 Å². The van der Waals surface area contributed by atoms with Crippen LogP contribution < -0.4 is 4.90 Å². The Morgan fingerprint density at radius 2 is 1.78 bits per heavy atom. The van der Waals surface area contributed by atoms with Gasteiger partial charge in [0.05, 0.1) is 24.0 Å². The fourth-order valence-corrected chi connectivity index (χ4v) is 9.18. The van der Waals surface area contributed by atoms with Crippen molar-refractivity contribution in [2.45, 2.75) is 87.6 Å². The lowest BCUT2D eigenvalue weighted by Gasteiger charge is -2.38. The average Bonchev–Trinajstić information content (AvgIpc) is 3.71. The molecule has 2 aromatic rings. The van der Waals surface area contributed by atoms with Crippen LogP contribution in [-0.2, 0) is 28.7 Å². The Labute approximate surface area is 309 Å². The molecule has 10 nitrogen and oxygen atoms in total. The van der Waals surface area contributed by atoms with Crippen molar-refractivity contribution in [3.05, 3.63) is 90.5 Å². The highest BCUT2D eigenvalue weighted by Gasteiger charge is 2.77. The third-order valence-corrected chi connectivity index (χ3v) is 11.6. The summed E-state index contributed by atoms with van der Waals surface area (Å²) in [6, 6.07) is 13.5. The van der Waals surface area contributed by atoms with Gasteiger partial charge in [-0.15, -0.1) is 13.2 Å². The Morgan fingerprint density at radius 1 is 1.10 bits per heavy atom. The van der Waals surface area contributed by atoms with Gasteiger partial charge in [0.15, 0.2) is 0 Å². The van der Waals surface area contributed by atoms with E-state index in [1.807, 2.05) is 69.3 Å². The summed E-state index contributed by atoms with van der Waals surface area (Å²) in [5.41, 5.74) is 1.97. The number of amides is 3. The van der Waals surface area contributed by atoms with Crippen LogP contribution in [0.15, 0.2) is 73.8 Å². The van der Waals surface area contributed by atoms with E-state index in [1.54, 1.807) is 33.9 Å². The van der Waals surface area contributed by atoms with Crippen molar-refractivity contribution in [3.8, 4) is 0 Å². The molecular weight excluding hydrogens is 714 g/mol. The first-order valence-electron chi connectivity index (χ1n) is 17.8. The molecule has 8 atom stereocenters. The molecular formula is C40H50BrN3O7. The molecule has 1 unspecified atom stereocenters. The Hall–Kier alpha value is -3.80. The number of carbonyl (C=O) groups excluding carboxylic acids is 4. The number of alkyl halides is 1. The number of allylic oxidation sites excluding steroid dienone is 1. The lowest BCUT2D eigenvalue weighted by molar-refractivity contribution is -0.164. The monoisotopic (exact) mass is 763 g/mol.